The van der Waals surface area contributed by atoms with Crippen molar-refractivity contribution in [2.75, 3.05) is 17.7 Å². The zero-order chi connectivity index (χ0) is 22.2. The number of nitrogens with one attached hydrogen (secondary N) is 1. The van der Waals surface area contributed by atoms with Crippen LogP contribution < -0.4 is 20.5 Å². The molecule has 2 fully saturated rings. The fourth-order valence-corrected chi connectivity index (χ4v) is 4.17. The highest BCUT2D eigenvalue weighted by Crippen LogP contribution is 2.35. The number of amides is 1. The Bertz CT molecular complexity index is 1150. The van der Waals surface area contributed by atoms with Crippen molar-refractivity contribution in [3.05, 3.63) is 42.2 Å². The minimum atomic E-state index is -0.496. The Balaban J connectivity index is 1.45. The molecule has 9 nitrogen and oxygen atoms in total. The molecule has 2 aliphatic rings. The molecule has 32 heavy (non-hydrogen) atoms. The van der Waals surface area contributed by atoms with E-state index in [2.05, 4.69) is 5.32 Å². The number of nitrogens with zero attached hydrogens (tertiary/aromatic N) is 3. The number of ether oxygens (including phenoxy) is 1. The van der Waals surface area contributed by atoms with Crippen LogP contribution in [0.25, 0.3) is 10.9 Å². The molecule has 3 aromatic rings. The number of hydrogen-bond donors (Lipinski definition) is 4. The first kappa shape index (κ1) is 20.6. The number of aromatic nitrogens is 3. The molecular weight excluding hydrogens is 410 g/mol. The van der Waals surface area contributed by atoms with E-state index in [1.165, 1.54) is 12.1 Å². The fourth-order valence-electron chi connectivity index (χ4n) is 4.17. The van der Waals surface area contributed by atoms with Gasteiger partial charge in [0.15, 0.2) is 0 Å². The standard InChI is InChI=1S/C23H27N5O4/c24-22-3-1-2-20(28(22)31)23(30)25-19-10-15-12-27(16-6-8-17(29)9-7-16)26-18(15)11-21(19)32-13-14-4-5-14/h1-3,10-12,14,16-17,24,29,31H,4-9,13H2,(H,25,30)/p+1/t16-,17-. The number of carbonyl (C=O) groups is 1. The van der Waals surface area contributed by atoms with Crippen LogP contribution in [-0.4, -0.2) is 38.7 Å². The summed E-state index contributed by atoms with van der Waals surface area (Å²) in [7, 11) is 0. The first-order chi connectivity index (χ1) is 15.5. The summed E-state index contributed by atoms with van der Waals surface area (Å²) >= 11 is 0. The van der Waals surface area contributed by atoms with E-state index in [-0.39, 0.29) is 23.7 Å². The third kappa shape index (κ3) is 4.20. The number of fused-ring (bicyclic) bond motifs is 1. The number of aliphatic hydroxyl groups excluding tert-OH is 1. The van der Waals surface area contributed by atoms with Crippen molar-refractivity contribution in [3.8, 4) is 5.75 Å². The SMILES string of the molecule is Nc1cccc(C(=O)Nc2cc3cn([C@H]4CC[C@H](O)CC4)nc3cc2OCC2CC2)[n+]1O. The molecule has 2 aromatic heterocycles. The van der Waals surface area contributed by atoms with Gasteiger partial charge in [0.2, 0.25) is 5.69 Å². The van der Waals surface area contributed by atoms with Gasteiger partial charge in [-0.05, 0) is 67.4 Å². The molecule has 2 saturated carbocycles. The number of pyridine rings is 1. The van der Waals surface area contributed by atoms with Gasteiger partial charge in [-0.1, -0.05) is 0 Å². The van der Waals surface area contributed by atoms with Crippen LogP contribution >= 0.6 is 0 Å². The Labute approximate surface area is 185 Å². The highest BCUT2D eigenvalue weighted by molar-refractivity contribution is 6.04. The monoisotopic (exact) mass is 438 g/mol. The summed E-state index contributed by atoms with van der Waals surface area (Å²) in [5.41, 5.74) is 7.04. The van der Waals surface area contributed by atoms with E-state index in [1.54, 1.807) is 6.07 Å². The van der Waals surface area contributed by atoms with Crippen molar-refractivity contribution in [2.24, 2.45) is 5.92 Å². The second-order valence-electron chi connectivity index (χ2n) is 8.83. The fraction of sp³-hybridized carbons (Fsp3) is 0.435. The molecule has 0 aliphatic heterocycles. The molecule has 2 aliphatic carbocycles. The second-order valence-corrected chi connectivity index (χ2v) is 8.83. The van der Waals surface area contributed by atoms with Gasteiger partial charge in [-0.2, -0.15) is 5.10 Å². The van der Waals surface area contributed by atoms with Crippen LogP contribution in [0, 0.1) is 5.92 Å². The number of rotatable bonds is 6. The quantitative estimate of drug-likeness (QED) is 0.346. The van der Waals surface area contributed by atoms with Gasteiger partial charge in [0, 0.05) is 23.7 Å². The molecule has 0 saturated heterocycles. The van der Waals surface area contributed by atoms with Gasteiger partial charge in [0.25, 0.3) is 5.91 Å². The number of aliphatic hydroxyl groups is 1. The van der Waals surface area contributed by atoms with Gasteiger partial charge in [-0.25, -0.2) is 0 Å². The van der Waals surface area contributed by atoms with Gasteiger partial charge in [0.1, 0.15) is 5.75 Å². The van der Waals surface area contributed by atoms with Crippen LogP contribution in [0.2, 0.25) is 0 Å². The molecule has 0 spiro atoms. The molecule has 5 N–H and O–H groups in total. The zero-order valence-corrected chi connectivity index (χ0v) is 17.8. The number of nitrogen functional groups attached to an aromatic ring is 1. The summed E-state index contributed by atoms with van der Waals surface area (Å²) in [6, 6.07) is 8.56. The zero-order valence-electron chi connectivity index (χ0n) is 17.8. The third-order valence-electron chi connectivity index (χ3n) is 6.31. The molecule has 0 radical (unpaired) electrons. The third-order valence-corrected chi connectivity index (χ3v) is 6.31. The van der Waals surface area contributed by atoms with Crippen LogP contribution in [-0.2, 0) is 0 Å². The summed E-state index contributed by atoms with van der Waals surface area (Å²) in [5, 5.41) is 28.4. The van der Waals surface area contributed by atoms with Crippen LogP contribution in [0.5, 0.6) is 5.75 Å². The van der Waals surface area contributed by atoms with Crippen LogP contribution in [0.1, 0.15) is 55.1 Å². The van der Waals surface area contributed by atoms with Gasteiger partial charge < -0.3 is 20.4 Å². The highest BCUT2D eigenvalue weighted by Gasteiger charge is 2.25. The lowest BCUT2D eigenvalue weighted by Gasteiger charge is -2.25. The van der Waals surface area contributed by atoms with E-state index in [1.807, 2.05) is 23.0 Å². The molecule has 2 heterocycles. The first-order valence-electron chi connectivity index (χ1n) is 11.1. The van der Waals surface area contributed by atoms with E-state index >= 15 is 0 Å². The molecule has 0 atom stereocenters. The Kier molecular flexibility index (Phi) is 5.34. The van der Waals surface area contributed by atoms with Crippen molar-refractivity contribution < 1.29 is 24.6 Å². The summed E-state index contributed by atoms with van der Waals surface area (Å²) < 4.78 is 8.66. The van der Waals surface area contributed by atoms with E-state index in [9.17, 15) is 15.1 Å². The predicted molar refractivity (Wildman–Crippen MR) is 118 cm³/mol. The van der Waals surface area contributed by atoms with Crippen molar-refractivity contribution in [1.82, 2.24) is 9.78 Å². The lowest BCUT2D eigenvalue weighted by Crippen LogP contribution is -2.42. The highest BCUT2D eigenvalue weighted by atomic mass is 16.5. The largest absolute Gasteiger partial charge is 0.491 e. The smallest absolute Gasteiger partial charge is 0.312 e. The van der Waals surface area contributed by atoms with E-state index < -0.39 is 5.91 Å². The molecule has 1 aromatic carbocycles. The van der Waals surface area contributed by atoms with Crippen molar-refractivity contribution in [3.63, 3.8) is 0 Å². The molecule has 0 unspecified atom stereocenters. The summed E-state index contributed by atoms with van der Waals surface area (Å²) in [4.78, 5) is 12.9. The summed E-state index contributed by atoms with van der Waals surface area (Å²) in [6.07, 6.45) is 7.39. The average Bonchev–Trinajstić information content (AvgIpc) is 3.52. The van der Waals surface area contributed by atoms with Crippen LogP contribution in [0.15, 0.2) is 36.5 Å². The minimum absolute atomic E-state index is 0.0229. The summed E-state index contributed by atoms with van der Waals surface area (Å²) in [5.74, 6) is 0.672. The van der Waals surface area contributed by atoms with Crippen molar-refractivity contribution in [1.29, 1.82) is 0 Å². The van der Waals surface area contributed by atoms with Crippen LogP contribution in [0.3, 0.4) is 0 Å². The lowest BCUT2D eigenvalue weighted by atomic mass is 9.93. The molecule has 5 rings (SSSR count). The van der Waals surface area contributed by atoms with Gasteiger partial charge in [-0.15, -0.1) is 0 Å². The molecule has 0 bridgehead atoms. The Hall–Kier alpha value is -3.33. The van der Waals surface area contributed by atoms with E-state index in [0.29, 0.717) is 28.7 Å². The van der Waals surface area contributed by atoms with Crippen LogP contribution in [0.4, 0.5) is 11.5 Å². The Morgan fingerprint density at radius 3 is 2.75 bits per heavy atom. The second kappa shape index (κ2) is 8.31. The minimum Gasteiger partial charge on any atom is -0.491 e. The van der Waals surface area contributed by atoms with E-state index in [0.717, 1.165) is 49.4 Å². The predicted octanol–water partition coefficient (Wildman–Crippen LogP) is 2.66. The summed E-state index contributed by atoms with van der Waals surface area (Å²) in [6.45, 7) is 0.591. The van der Waals surface area contributed by atoms with Gasteiger partial charge in [-0.3, -0.25) is 15.2 Å². The first-order valence-corrected chi connectivity index (χ1v) is 11.1. The number of carbonyl (C=O) groups excluding carboxylic acids is 1. The number of benzene rings is 1. The van der Waals surface area contributed by atoms with E-state index in [4.69, 9.17) is 15.6 Å². The van der Waals surface area contributed by atoms with Gasteiger partial charge >= 0.3 is 5.82 Å². The molecular formula is C23H28N5O4+. The number of nitrogens with two attached hydrogens (primary N) is 1. The molecule has 168 valence electrons. The van der Waals surface area contributed by atoms with Crippen molar-refractivity contribution >= 4 is 28.3 Å². The normalized spacial score (nSPS) is 20.9. The van der Waals surface area contributed by atoms with Gasteiger partial charge in [0.05, 0.1) is 30.0 Å². The topological polar surface area (TPSA) is 127 Å². The number of hydrogen-bond acceptors (Lipinski definition) is 6. The Morgan fingerprint density at radius 2 is 2.00 bits per heavy atom. The maximum atomic E-state index is 12.9. The molecule has 1 amide bonds. The Morgan fingerprint density at radius 1 is 1.22 bits per heavy atom. The lowest BCUT2D eigenvalue weighted by molar-refractivity contribution is -0.894. The maximum Gasteiger partial charge on any atom is 0.312 e. The number of anilines is 2. The molecule has 9 heteroatoms. The maximum absolute atomic E-state index is 12.9. The average molecular weight is 439 g/mol. The van der Waals surface area contributed by atoms with Crippen molar-refractivity contribution in [2.45, 2.75) is 50.7 Å².